The predicted octanol–water partition coefficient (Wildman–Crippen LogP) is 17.5. The summed E-state index contributed by atoms with van der Waals surface area (Å²) in [6.45, 7) is 4.75. The molecular weight excluding hydrogens is 801 g/mol. The molecule has 12 aromatic rings. The second kappa shape index (κ2) is 14.8. The van der Waals surface area contributed by atoms with Crippen LogP contribution in [0.25, 0.3) is 93.9 Å². The van der Waals surface area contributed by atoms with Crippen LogP contribution in [0.5, 0.6) is 0 Å². The van der Waals surface area contributed by atoms with Gasteiger partial charge in [-0.15, -0.1) is 0 Å². The first kappa shape index (κ1) is 38.1. The van der Waals surface area contributed by atoms with Crippen molar-refractivity contribution in [1.82, 2.24) is 4.57 Å². The van der Waals surface area contributed by atoms with E-state index in [1.165, 1.54) is 66.3 Å². The molecule has 1 aliphatic rings. The number of nitrogens with zero attached hydrogens (tertiary/aromatic N) is 2. The summed E-state index contributed by atoms with van der Waals surface area (Å²) in [7, 11) is 0. The van der Waals surface area contributed by atoms with Crippen molar-refractivity contribution in [3.63, 3.8) is 0 Å². The Hall–Kier alpha value is -8.40. The first-order valence-electron chi connectivity index (χ1n) is 22.8. The van der Waals surface area contributed by atoms with Gasteiger partial charge in [0.2, 0.25) is 0 Å². The molecular formula is C63H44N2O. The molecule has 1 aliphatic carbocycles. The van der Waals surface area contributed by atoms with E-state index in [1.54, 1.807) is 0 Å². The Morgan fingerprint density at radius 2 is 0.924 bits per heavy atom. The average Bonchev–Trinajstić information content (AvgIpc) is 4.00. The van der Waals surface area contributed by atoms with E-state index in [4.69, 9.17) is 4.42 Å². The molecule has 0 fully saturated rings. The van der Waals surface area contributed by atoms with Crippen LogP contribution in [0.3, 0.4) is 0 Å². The van der Waals surface area contributed by atoms with Crippen LogP contribution >= 0.6 is 0 Å². The SMILES string of the molecule is CC1(C)c2cc(-c3ccccc3)ccc2-c2ccc(N(c3ccc(-c4ccc5c(c4)c4ccccc4n5-c4ccccc4)cc3)c3cccc4oc5ccc(-c6ccccc6)cc5c34)cc21. The monoisotopic (exact) mass is 844 g/mol. The van der Waals surface area contributed by atoms with Crippen molar-refractivity contribution in [3.05, 3.63) is 242 Å². The van der Waals surface area contributed by atoms with Crippen molar-refractivity contribution in [1.29, 1.82) is 0 Å². The van der Waals surface area contributed by atoms with Crippen LogP contribution in [0.2, 0.25) is 0 Å². The molecule has 0 N–H and O–H groups in total. The summed E-state index contributed by atoms with van der Waals surface area (Å²) in [6, 6.07) is 83.8. The van der Waals surface area contributed by atoms with E-state index in [9.17, 15) is 0 Å². The summed E-state index contributed by atoms with van der Waals surface area (Å²) in [5, 5.41) is 4.66. The van der Waals surface area contributed by atoms with Gasteiger partial charge in [0.05, 0.1) is 22.1 Å². The van der Waals surface area contributed by atoms with Crippen LogP contribution in [0.15, 0.2) is 235 Å². The van der Waals surface area contributed by atoms with Crippen LogP contribution < -0.4 is 4.90 Å². The normalized spacial score (nSPS) is 12.8. The number of benzene rings is 10. The first-order valence-corrected chi connectivity index (χ1v) is 22.8. The minimum Gasteiger partial charge on any atom is -0.456 e. The molecule has 13 rings (SSSR count). The lowest BCUT2D eigenvalue weighted by atomic mass is 9.81. The van der Waals surface area contributed by atoms with Crippen molar-refractivity contribution in [2.75, 3.05) is 4.90 Å². The number of aromatic nitrogens is 1. The fourth-order valence-corrected chi connectivity index (χ4v) is 10.7. The summed E-state index contributed by atoms with van der Waals surface area (Å²) in [5.41, 5.74) is 20.7. The van der Waals surface area contributed by atoms with Crippen LogP contribution in [0.4, 0.5) is 17.1 Å². The highest BCUT2D eigenvalue weighted by Gasteiger charge is 2.36. The Morgan fingerprint density at radius 1 is 0.379 bits per heavy atom. The maximum Gasteiger partial charge on any atom is 0.137 e. The Morgan fingerprint density at radius 3 is 1.67 bits per heavy atom. The molecule has 0 atom stereocenters. The maximum absolute atomic E-state index is 6.65. The maximum atomic E-state index is 6.65. The zero-order chi connectivity index (χ0) is 43.9. The lowest BCUT2D eigenvalue weighted by Crippen LogP contribution is -2.16. The van der Waals surface area contributed by atoms with Crippen molar-refractivity contribution in [2.24, 2.45) is 0 Å². The van der Waals surface area contributed by atoms with Gasteiger partial charge in [0.1, 0.15) is 11.2 Å². The van der Waals surface area contributed by atoms with Gasteiger partial charge in [-0.3, -0.25) is 0 Å². The molecule has 0 unspecified atom stereocenters. The van der Waals surface area contributed by atoms with E-state index in [0.29, 0.717) is 0 Å². The lowest BCUT2D eigenvalue weighted by molar-refractivity contribution is 0.660. The number of anilines is 3. The van der Waals surface area contributed by atoms with Crippen LogP contribution in [-0.4, -0.2) is 4.57 Å². The Balaban J connectivity index is 0.968. The van der Waals surface area contributed by atoms with Gasteiger partial charge in [-0.2, -0.15) is 0 Å². The molecule has 66 heavy (non-hydrogen) atoms. The highest BCUT2D eigenvalue weighted by molar-refractivity contribution is 6.14. The third kappa shape index (κ3) is 5.97. The number of hydrogen-bond acceptors (Lipinski definition) is 2. The summed E-state index contributed by atoms with van der Waals surface area (Å²) in [6.07, 6.45) is 0. The quantitative estimate of drug-likeness (QED) is 0.159. The molecule has 0 bridgehead atoms. The van der Waals surface area contributed by atoms with Gasteiger partial charge in [-0.1, -0.05) is 159 Å². The van der Waals surface area contributed by atoms with Gasteiger partial charge in [0, 0.05) is 38.6 Å². The van der Waals surface area contributed by atoms with E-state index in [-0.39, 0.29) is 5.41 Å². The number of furan rings is 1. The zero-order valence-corrected chi connectivity index (χ0v) is 36.7. The van der Waals surface area contributed by atoms with E-state index in [2.05, 4.69) is 254 Å². The summed E-state index contributed by atoms with van der Waals surface area (Å²) in [4.78, 5) is 2.43. The smallest absolute Gasteiger partial charge is 0.137 e. The molecule has 0 radical (unpaired) electrons. The fraction of sp³-hybridized carbons (Fsp3) is 0.0476. The Bertz CT molecular complexity index is 3820. The predicted molar refractivity (Wildman–Crippen MR) is 277 cm³/mol. The lowest BCUT2D eigenvalue weighted by Gasteiger charge is -2.29. The largest absolute Gasteiger partial charge is 0.456 e. The van der Waals surface area contributed by atoms with Crippen molar-refractivity contribution < 1.29 is 4.42 Å². The number of fused-ring (bicyclic) bond motifs is 9. The molecule has 3 heteroatoms. The second-order valence-corrected chi connectivity index (χ2v) is 18.1. The minimum absolute atomic E-state index is 0.220. The van der Waals surface area contributed by atoms with Gasteiger partial charge in [0.15, 0.2) is 0 Å². The fourth-order valence-electron chi connectivity index (χ4n) is 10.7. The van der Waals surface area contributed by atoms with E-state index in [1.807, 2.05) is 0 Å². The standard InChI is InChI=1S/C63H44N2O/c1-63(2)55-39-46(42-17-8-4-9-18-42)27-33-50(55)51-34-32-49(40-56(51)63)64(59-23-14-24-61-62(59)54-38-45(29-36-60(54)66-61)41-15-6-3-7-16-41)48-30-25-43(26-31-48)44-28-35-58-53(37-44)52-21-12-13-22-57(52)65(58)47-19-10-5-11-20-47/h3-40H,1-2H3. The zero-order valence-electron chi connectivity index (χ0n) is 36.7. The molecule has 2 aromatic heterocycles. The topological polar surface area (TPSA) is 21.3 Å². The van der Waals surface area contributed by atoms with E-state index >= 15 is 0 Å². The van der Waals surface area contributed by atoms with Crippen LogP contribution in [0.1, 0.15) is 25.0 Å². The summed E-state index contributed by atoms with van der Waals surface area (Å²) < 4.78 is 9.02. The first-order chi connectivity index (χ1) is 32.5. The molecule has 10 aromatic carbocycles. The molecule has 0 saturated carbocycles. The van der Waals surface area contributed by atoms with Gasteiger partial charge < -0.3 is 13.9 Å². The number of hydrogen-bond donors (Lipinski definition) is 0. The molecule has 2 heterocycles. The van der Waals surface area contributed by atoms with E-state index < -0.39 is 0 Å². The molecule has 3 nitrogen and oxygen atoms in total. The van der Waals surface area contributed by atoms with Crippen LogP contribution in [0, 0.1) is 0 Å². The highest BCUT2D eigenvalue weighted by Crippen LogP contribution is 2.52. The highest BCUT2D eigenvalue weighted by atomic mass is 16.3. The average molecular weight is 845 g/mol. The van der Waals surface area contributed by atoms with Gasteiger partial charge >= 0.3 is 0 Å². The Labute approximate surface area is 384 Å². The summed E-state index contributed by atoms with van der Waals surface area (Å²) in [5.74, 6) is 0. The van der Waals surface area contributed by atoms with Crippen molar-refractivity contribution in [3.8, 4) is 50.2 Å². The van der Waals surface area contributed by atoms with Gasteiger partial charge in [0.25, 0.3) is 0 Å². The number of para-hydroxylation sites is 2. The molecule has 0 amide bonds. The number of rotatable bonds is 7. The third-order valence-corrected chi connectivity index (χ3v) is 14.0. The van der Waals surface area contributed by atoms with Crippen molar-refractivity contribution >= 4 is 60.8 Å². The molecule has 0 saturated heterocycles. The van der Waals surface area contributed by atoms with E-state index in [0.717, 1.165) is 55.8 Å². The summed E-state index contributed by atoms with van der Waals surface area (Å²) >= 11 is 0. The van der Waals surface area contributed by atoms with Gasteiger partial charge in [-0.25, -0.2) is 0 Å². The molecule has 312 valence electrons. The molecule has 0 aliphatic heterocycles. The third-order valence-electron chi connectivity index (χ3n) is 14.0. The van der Waals surface area contributed by atoms with Crippen LogP contribution in [-0.2, 0) is 5.41 Å². The second-order valence-electron chi connectivity index (χ2n) is 18.1. The minimum atomic E-state index is -0.220. The van der Waals surface area contributed by atoms with Gasteiger partial charge in [-0.05, 0) is 141 Å². The van der Waals surface area contributed by atoms with Crippen molar-refractivity contribution in [2.45, 2.75) is 19.3 Å². The molecule has 0 spiro atoms. The Kier molecular flexibility index (Phi) is 8.56.